The Morgan fingerprint density at radius 1 is 0.636 bits per heavy atom. The van der Waals surface area contributed by atoms with Crippen LogP contribution in [0, 0.1) is 0 Å². The van der Waals surface area contributed by atoms with Crippen LogP contribution in [0.2, 0.25) is 0 Å². The molecule has 0 heteroatoms. The quantitative estimate of drug-likeness (QED) is 0.569. The molecule has 0 N–H and O–H groups in total. The van der Waals surface area contributed by atoms with Crippen LogP contribution in [-0.2, 0) is 0 Å². The maximum atomic E-state index is 2.40. The molecule has 0 aromatic heterocycles. The SMILES string of the molecule is C1=C(c2ccccc2)c2ccccc2C(c2ccccc2)C1. The summed E-state index contributed by atoms with van der Waals surface area (Å²) in [7, 11) is 0. The number of hydrogen-bond acceptors (Lipinski definition) is 0. The van der Waals surface area contributed by atoms with Gasteiger partial charge < -0.3 is 0 Å². The maximum Gasteiger partial charge on any atom is 0.0130 e. The molecule has 0 nitrogen and oxygen atoms in total. The van der Waals surface area contributed by atoms with Crippen LogP contribution < -0.4 is 0 Å². The largest absolute Gasteiger partial charge is 0.0751 e. The summed E-state index contributed by atoms with van der Waals surface area (Å²) >= 11 is 0. The Morgan fingerprint density at radius 3 is 2.05 bits per heavy atom. The number of benzene rings is 3. The molecule has 0 bridgehead atoms. The van der Waals surface area contributed by atoms with Gasteiger partial charge in [-0.2, -0.15) is 0 Å². The monoisotopic (exact) mass is 282 g/mol. The Kier molecular flexibility index (Phi) is 3.36. The molecular formula is C22H18. The first kappa shape index (κ1) is 13.1. The van der Waals surface area contributed by atoms with Crippen LogP contribution in [0.4, 0.5) is 0 Å². The Labute approximate surface area is 131 Å². The van der Waals surface area contributed by atoms with E-state index in [1.54, 1.807) is 0 Å². The van der Waals surface area contributed by atoms with Crippen molar-refractivity contribution in [2.24, 2.45) is 0 Å². The fourth-order valence-corrected chi connectivity index (χ4v) is 3.41. The first-order valence-corrected chi connectivity index (χ1v) is 7.83. The van der Waals surface area contributed by atoms with Crippen LogP contribution >= 0.6 is 0 Å². The van der Waals surface area contributed by atoms with Crippen LogP contribution in [0.25, 0.3) is 5.57 Å². The second-order valence-electron chi connectivity index (χ2n) is 5.77. The van der Waals surface area contributed by atoms with Crippen molar-refractivity contribution in [3.63, 3.8) is 0 Å². The fourth-order valence-electron chi connectivity index (χ4n) is 3.41. The van der Waals surface area contributed by atoms with Crippen molar-refractivity contribution < 1.29 is 0 Å². The van der Waals surface area contributed by atoms with Crippen LogP contribution in [0.1, 0.15) is 34.6 Å². The lowest BCUT2D eigenvalue weighted by Crippen LogP contribution is -2.09. The Bertz CT molecular complexity index is 798. The summed E-state index contributed by atoms with van der Waals surface area (Å²) in [6.07, 6.45) is 3.46. The van der Waals surface area contributed by atoms with E-state index in [1.807, 2.05) is 0 Å². The summed E-state index contributed by atoms with van der Waals surface area (Å²) in [5.74, 6) is 0.463. The summed E-state index contributed by atoms with van der Waals surface area (Å²) in [6, 6.07) is 30.4. The molecular weight excluding hydrogens is 264 g/mol. The number of allylic oxidation sites excluding steroid dienone is 1. The molecule has 0 radical (unpaired) electrons. The van der Waals surface area contributed by atoms with E-state index >= 15 is 0 Å². The van der Waals surface area contributed by atoms with Gasteiger partial charge in [-0.25, -0.2) is 0 Å². The standard InChI is InChI=1S/C22H18/c1-3-9-17(10-4-1)19-15-16-20(18-11-5-2-6-12-18)22-14-8-7-13-21(19)22/h1-15,20H,16H2. The van der Waals surface area contributed by atoms with E-state index in [9.17, 15) is 0 Å². The van der Waals surface area contributed by atoms with Crippen molar-refractivity contribution in [3.05, 3.63) is 113 Å². The summed E-state index contributed by atoms with van der Waals surface area (Å²) in [5.41, 5.74) is 6.88. The molecule has 0 saturated carbocycles. The highest BCUT2D eigenvalue weighted by Gasteiger charge is 2.22. The summed E-state index contributed by atoms with van der Waals surface area (Å²) in [4.78, 5) is 0. The Morgan fingerprint density at radius 2 is 1.27 bits per heavy atom. The van der Waals surface area contributed by atoms with Gasteiger partial charge in [-0.15, -0.1) is 0 Å². The molecule has 3 aromatic carbocycles. The zero-order chi connectivity index (χ0) is 14.8. The number of rotatable bonds is 2. The van der Waals surface area contributed by atoms with Crippen molar-refractivity contribution in [2.45, 2.75) is 12.3 Å². The predicted molar refractivity (Wildman–Crippen MR) is 92.9 cm³/mol. The van der Waals surface area contributed by atoms with E-state index in [1.165, 1.54) is 27.8 Å². The highest BCUT2D eigenvalue weighted by molar-refractivity contribution is 5.83. The normalized spacial score (nSPS) is 16.7. The summed E-state index contributed by atoms with van der Waals surface area (Å²) in [6.45, 7) is 0. The van der Waals surface area contributed by atoms with Gasteiger partial charge in [-0.1, -0.05) is 91.0 Å². The van der Waals surface area contributed by atoms with Crippen LogP contribution in [0.15, 0.2) is 91.0 Å². The van der Waals surface area contributed by atoms with Gasteiger partial charge in [-0.05, 0) is 34.2 Å². The number of hydrogen-bond donors (Lipinski definition) is 0. The zero-order valence-electron chi connectivity index (χ0n) is 12.4. The van der Waals surface area contributed by atoms with Crippen molar-refractivity contribution >= 4 is 5.57 Å². The van der Waals surface area contributed by atoms with Gasteiger partial charge in [-0.3, -0.25) is 0 Å². The Hall–Kier alpha value is -2.60. The predicted octanol–water partition coefficient (Wildman–Crippen LogP) is 5.65. The minimum absolute atomic E-state index is 0.463. The van der Waals surface area contributed by atoms with Crippen LogP contribution in [0.3, 0.4) is 0 Å². The molecule has 0 aliphatic heterocycles. The number of fused-ring (bicyclic) bond motifs is 1. The van der Waals surface area contributed by atoms with Crippen LogP contribution in [-0.4, -0.2) is 0 Å². The molecule has 1 aliphatic rings. The Balaban J connectivity index is 1.83. The molecule has 1 unspecified atom stereocenters. The van der Waals surface area contributed by atoms with E-state index in [0.717, 1.165) is 6.42 Å². The molecule has 1 aliphatic carbocycles. The summed E-state index contributed by atoms with van der Waals surface area (Å²) in [5, 5.41) is 0. The van der Waals surface area contributed by atoms with E-state index < -0.39 is 0 Å². The minimum atomic E-state index is 0.463. The lowest BCUT2D eigenvalue weighted by molar-refractivity contribution is 0.815. The lowest BCUT2D eigenvalue weighted by atomic mass is 9.78. The molecule has 3 aromatic rings. The van der Waals surface area contributed by atoms with Crippen LogP contribution in [0.5, 0.6) is 0 Å². The van der Waals surface area contributed by atoms with Gasteiger partial charge in [0.2, 0.25) is 0 Å². The lowest BCUT2D eigenvalue weighted by Gasteiger charge is -2.26. The third-order valence-corrected chi connectivity index (χ3v) is 4.47. The molecule has 4 rings (SSSR count). The average molecular weight is 282 g/mol. The second-order valence-corrected chi connectivity index (χ2v) is 5.77. The molecule has 0 amide bonds. The van der Waals surface area contributed by atoms with Gasteiger partial charge in [0.15, 0.2) is 0 Å². The van der Waals surface area contributed by atoms with E-state index in [0.29, 0.717) is 5.92 Å². The zero-order valence-corrected chi connectivity index (χ0v) is 12.4. The van der Waals surface area contributed by atoms with Crippen molar-refractivity contribution in [2.75, 3.05) is 0 Å². The molecule has 0 spiro atoms. The first-order chi connectivity index (χ1) is 10.9. The fraction of sp³-hybridized carbons (Fsp3) is 0.0909. The molecule has 106 valence electrons. The highest BCUT2D eigenvalue weighted by atomic mass is 14.3. The smallest absolute Gasteiger partial charge is 0.0130 e. The van der Waals surface area contributed by atoms with Gasteiger partial charge in [0.25, 0.3) is 0 Å². The van der Waals surface area contributed by atoms with Gasteiger partial charge >= 0.3 is 0 Å². The first-order valence-electron chi connectivity index (χ1n) is 7.83. The molecule has 0 fully saturated rings. The molecule has 1 atom stereocenters. The minimum Gasteiger partial charge on any atom is -0.0751 e. The third-order valence-electron chi connectivity index (χ3n) is 4.47. The van der Waals surface area contributed by atoms with Gasteiger partial charge in [0.1, 0.15) is 0 Å². The van der Waals surface area contributed by atoms with Gasteiger partial charge in [0, 0.05) is 5.92 Å². The highest BCUT2D eigenvalue weighted by Crippen LogP contribution is 2.40. The summed E-state index contributed by atoms with van der Waals surface area (Å²) < 4.78 is 0. The van der Waals surface area contributed by atoms with E-state index in [2.05, 4.69) is 91.0 Å². The third kappa shape index (κ3) is 2.27. The van der Waals surface area contributed by atoms with E-state index in [-0.39, 0.29) is 0 Å². The van der Waals surface area contributed by atoms with Crippen molar-refractivity contribution in [1.82, 2.24) is 0 Å². The molecule has 22 heavy (non-hydrogen) atoms. The molecule has 0 heterocycles. The molecule has 0 saturated heterocycles. The van der Waals surface area contributed by atoms with Gasteiger partial charge in [0.05, 0.1) is 0 Å². The second kappa shape index (κ2) is 5.65. The van der Waals surface area contributed by atoms with E-state index in [4.69, 9.17) is 0 Å². The average Bonchev–Trinajstić information content (AvgIpc) is 2.62. The van der Waals surface area contributed by atoms with Crippen molar-refractivity contribution in [3.8, 4) is 0 Å². The van der Waals surface area contributed by atoms with Crippen molar-refractivity contribution in [1.29, 1.82) is 0 Å². The topological polar surface area (TPSA) is 0 Å². The maximum absolute atomic E-state index is 2.40.